The molecule has 0 saturated carbocycles. The third kappa shape index (κ3) is 1.68. The van der Waals surface area contributed by atoms with Gasteiger partial charge in [0.25, 0.3) is 0 Å². The Kier molecular flexibility index (Phi) is 3.00. The number of aryl methyl sites for hydroxylation is 1. The van der Waals surface area contributed by atoms with E-state index < -0.39 is 0 Å². The quantitative estimate of drug-likeness (QED) is 0.655. The van der Waals surface area contributed by atoms with Crippen LogP contribution in [0.15, 0.2) is 0 Å². The molecule has 0 unspecified atom stereocenters. The lowest BCUT2D eigenvalue weighted by Gasteiger charge is -2.08. The molecular weight excluding hydrogens is 172 g/mol. The molecule has 0 N–H and O–H groups in total. The number of aromatic nitrogens is 2. The minimum Gasteiger partial charge on any atom is -0.260 e. The third-order valence-corrected chi connectivity index (χ3v) is 2.37. The van der Waals surface area contributed by atoms with E-state index >= 15 is 0 Å². The first-order chi connectivity index (χ1) is 6.49. The van der Waals surface area contributed by atoms with E-state index in [-0.39, 0.29) is 0 Å². The molecule has 0 spiro atoms. The van der Waals surface area contributed by atoms with Crippen molar-refractivity contribution >= 4 is 0 Å². The first-order valence-electron chi connectivity index (χ1n) is 5.02. The van der Waals surface area contributed by atoms with E-state index in [1.54, 1.807) is 0 Å². The van der Waals surface area contributed by atoms with Crippen molar-refractivity contribution in [2.75, 3.05) is 0 Å². The first kappa shape index (κ1) is 10.8. The predicted octanol–water partition coefficient (Wildman–Crippen LogP) is 2.65. The second-order valence-corrected chi connectivity index (χ2v) is 4.22. The average Bonchev–Trinajstić information content (AvgIpc) is 2.42. The molecule has 1 aromatic rings. The minimum atomic E-state index is 0.431. The van der Waals surface area contributed by atoms with Crippen molar-refractivity contribution in [3.63, 3.8) is 0 Å². The Labute approximate surface area is 86.3 Å². The SMILES string of the molecule is C#Cc1c(C(C)C)c(C(C)C)nn1C. The molecule has 0 aliphatic heterocycles. The van der Waals surface area contributed by atoms with Gasteiger partial charge in [-0.15, -0.1) is 6.42 Å². The second kappa shape index (κ2) is 3.88. The fourth-order valence-electron chi connectivity index (χ4n) is 1.73. The van der Waals surface area contributed by atoms with Crippen LogP contribution in [0.25, 0.3) is 0 Å². The van der Waals surface area contributed by atoms with E-state index in [1.807, 2.05) is 11.7 Å². The van der Waals surface area contributed by atoms with Gasteiger partial charge in [-0.1, -0.05) is 33.6 Å². The average molecular weight is 190 g/mol. The van der Waals surface area contributed by atoms with Crippen molar-refractivity contribution in [1.82, 2.24) is 9.78 Å². The van der Waals surface area contributed by atoms with E-state index in [4.69, 9.17) is 6.42 Å². The van der Waals surface area contributed by atoms with Gasteiger partial charge in [0.15, 0.2) is 0 Å². The molecule has 14 heavy (non-hydrogen) atoms. The fourth-order valence-corrected chi connectivity index (χ4v) is 1.73. The van der Waals surface area contributed by atoms with Crippen molar-refractivity contribution in [2.24, 2.45) is 7.05 Å². The molecule has 1 heterocycles. The number of nitrogens with zero attached hydrogens (tertiary/aromatic N) is 2. The second-order valence-electron chi connectivity index (χ2n) is 4.22. The van der Waals surface area contributed by atoms with Crippen molar-refractivity contribution < 1.29 is 0 Å². The smallest absolute Gasteiger partial charge is 0.114 e. The lowest BCUT2D eigenvalue weighted by atomic mass is 9.95. The standard InChI is InChI=1S/C12H18N2/c1-7-10-11(8(2)3)12(9(4)5)13-14(10)6/h1,8-9H,2-6H3. The van der Waals surface area contributed by atoms with Crippen LogP contribution in [-0.4, -0.2) is 9.78 Å². The molecule has 0 bridgehead atoms. The Bertz CT molecular complexity index is 364. The van der Waals surface area contributed by atoms with Gasteiger partial charge in [-0.05, 0) is 11.8 Å². The lowest BCUT2D eigenvalue weighted by molar-refractivity contribution is 0.705. The number of hydrogen-bond acceptors (Lipinski definition) is 1. The van der Waals surface area contributed by atoms with Crippen LogP contribution in [-0.2, 0) is 7.05 Å². The highest BCUT2D eigenvalue weighted by Gasteiger charge is 2.19. The molecule has 0 fully saturated rings. The van der Waals surface area contributed by atoms with Gasteiger partial charge >= 0.3 is 0 Å². The Hall–Kier alpha value is -1.23. The van der Waals surface area contributed by atoms with Crippen LogP contribution < -0.4 is 0 Å². The molecule has 0 aromatic carbocycles. The van der Waals surface area contributed by atoms with E-state index in [0.717, 1.165) is 11.4 Å². The van der Waals surface area contributed by atoms with Crippen LogP contribution in [0.1, 0.15) is 56.5 Å². The van der Waals surface area contributed by atoms with E-state index in [1.165, 1.54) is 5.56 Å². The van der Waals surface area contributed by atoms with Gasteiger partial charge in [0, 0.05) is 12.6 Å². The van der Waals surface area contributed by atoms with Crippen molar-refractivity contribution in [3.8, 4) is 12.3 Å². The zero-order chi connectivity index (χ0) is 10.9. The molecule has 0 atom stereocenters. The molecule has 2 nitrogen and oxygen atoms in total. The Morgan fingerprint density at radius 1 is 1.21 bits per heavy atom. The molecule has 0 aliphatic rings. The van der Waals surface area contributed by atoms with Gasteiger partial charge < -0.3 is 0 Å². The molecule has 76 valence electrons. The molecule has 0 radical (unpaired) electrons. The van der Waals surface area contributed by atoms with E-state index in [0.29, 0.717) is 11.8 Å². The Morgan fingerprint density at radius 3 is 2.14 bits per heavy atom. The van der Waals surface area contributed by atoms with Gasteiger partial charge in [-0.25, -0.2) is 0 Å². The Balaban J connectivity index is 3.40. The molecule has 2 heteroatoms. The lowest BCUT2D eigenvalue weighted by Crippen LogP contribution is -1.97. The van der Waals surface area contributed by atoms with Gasteiger partial charge in [0.05, 0.1) is 5.69 Å². The van der Waals surface area contributed by atoms with E-state index in [2.05, 4.69) is 38.7 Å². The summed E-state index contributed by atoms with van der Waals surface area (Å²) in [6, 6.07) is 0. The zero-order valence-corrected chi connectivity index (χ0v) is 9.63. The summed E-state index contributed by atoms with van der Waals surface area (Å²) in [6.07, 6.45) is 5.49. The molecule has 1 aromatic heterocycles. The molecule has 0 saturated heterocycles. The van der Waals surface area contributed by atoms with Crippen molar-refractivity contribution in [3.05, 3.63) is 17.0 Å². The summed E-state index contributed by atoms with van der Waals surface area (Å²) in [6.45, 7) is 8.61. The fraction of sp³-hybridized carbons (Fsp3) is 0.583. The summed E-state index contributed by atoms with van der Waals surface area (Å²) < 4.78 is 1.81. The summed E-state index contributed by atoms with van der Waals surface area (Å²) in [5.74, 6) is 3.59. The number of hydrogen-bond donors (Lipinski definition) is 0. The highest BCUT2D eigenvalue weighted by Crippen LogP contribution is 2.27. The molecular formula is C12H18N2. The third-order valence-electron chi connectivity index (χ3n) is 2.37. The molecule has 0 amide bonds. The van der Waals surface area contributed by atoms with Gasteiger partial charge in [-0.3, -0.25) is 4.68 Å². The van der Waals surface area contributed by atoms with Crippen LogP contribution >= 0.6 is 0 Å². The van der Waals surface area contributed by atoms with Crippen molar-refractivity contribution in [1.29, 1.82) is 0 Å². The number of rotatable bonds is 2. The first-order valence-corrected chi connectivity index (χ1v) is 5.02. The summed E-state index contributed by atoms with van der Waals surface area (Å²) in [5.41, 5.74) is 3.28. The van der Waals surface area contributed by atoms with Crippen LogP contribution in [0.4, 0.5) is 0 Å². The summed E-state index contributed by atoms with van der Waals surface area (Å²) in [7, 11) is 1.91. The zero-order valence-electron chi connectivity index (χ0n) is 9.63. The van der Waals surface area contributed by atoms with Gasteiger partial charge in [0.1, 0.15) is 5.69 Å². The number of terminal acetylenes is 1. The maximum atomic E-state index is 5.49. The topological polar surface area (TPSA) is 17.8 Å². The summed E-state index contributed by atoms with van der Waals surface area (Å²) >= 11 is 0. The van der Waals surface area contributed by atoms with E-state index in [9.17, 15) is 0 Å². The van der Waals surface area contributed by atoms with Crippen LogP contribution in [0.2, 0.25) is 0 Å². The highest BCUT2D eigenvalue weighted by molar-refractivity contribution is 5.40. The Morgan fingerprint density at radius 2 is 1.79 bits per heavy atom. The molecule has 0 aliphatic carbocycles. The summed E-state index contributed by atoms with van der Waals surface area (Å²) in [5, 5.41) is 4.48. The van der Waals surface area contributed by atoms with Gasteiger partial charge in [0.2, 0.25) is 0 Å². The maximum absolute atomic E-state index is 5.49. The van der Waals surface area contributed by atoms with Crippen LogP contribution in [0.5, 0.6) is 0 Å². The van der Waals surface area contributed by atoms with Crippen molar-refractivity contribution in [2.45, 2.75) is 39.5 Å². The maximum Gasteiger partial charge on any atom is 0.114 e. The normalized spacial score (nSPS) is 11.0. The highest BCUT2D eigenvalue weighted by atomic mass is 15.3. The van der Waals surface area contributed by atoms with Gasteiger partial charge in [-0.2, -0.15) is 5.10 Å². The molecule has 1 rings (SSSR count). The minimum absolute atomic E-state index is 0.431. The summed E-state index contributed by atoms with van der Waals surface area (Å²) in [4.78, 5) is 0. The van der Waals surface area contributed by atoms with Crippen LogP contribution in [0, 0.1) is 12.3 Å². The monoisotopic (exact) mass is 190 g/mol. The largest absolute Gasteiger partial charge is 0.260 e. The predicted molar refractivity (Wildman–Crippen MR) is 59.3 cm³/mol. The van der Waals surface area contributed by atoms with Crippen LogP contribution in [0.3, 0.4) is 0 Å².